The van der Waals surface area contributed by atoms with Crippen molar-refractivity contribution in [3.05, 3.63) is 48.2 Å². The van der Waals surface area contributed by atoms with Crippen LogP contribution < -0.4 is 5.32 Å². The van der Waals surface area contributed by atoms with Gasteiger partial charge in [-0.05, 0) is 45.2 Å². The van der Waals surface area contributed by atoms with Crippen LogP contribution in [0.25, 0.3) is 0 Å². The first-order valence-electron chi connectivity index (χ1n) is 9.90. The molecule has 1 amide bonds. The summed E-state index contributed by atoms with van der Waals surface area (Å²) in [5, 5.41) is 2.88. The van der Waals surface area contributed by atoms with Gasteiger partial charge in [0.25, 0.3) is 0 Å². The van der Waals surface area contributed by atoms with Crippen LogP contribution in [-0.2, 0) is 14.8 Å². The van der Waals surface area contributed by atoms with Crippen LogP contribution >= 0.6 is 11.8 Å². The van der Waals surface area contributed by atoms with Crippen LogP contribution in [0.4, 0.5) is 5.69 Å². The first kappa shape index (κ1) is 23.4. The van der Waals surface area contributed by atoms with E-state index >= 15 is 0 Å². The minimum absolute atomic E-state index is 0.0747. The maximum Gasteiger partial charge on any atom is 0.244 e. The molecule has 31 heavy (non-hydrogen) atoms. The Bertz CT molecular complexity index is 1050. The Morgan fingerprint density at radius 1 is 1.13 bits per heavy atom. The van der Waals surface area contributed by atoms with Gasteiger partial charge in [-0.2, -0.15) is 4.31 Å². The fraction of sp³-hybridized carbons (Fsp3) is 0.381. The van der Waals surface area contributed by atoms with Crippen molar-refractivity contribution in [2.24, 2.45) is 0 Å². The van der Waals surface area contributed by atoms with Gasteiger partial charge in [0.15, 0.2) is 5.78 Å². The quantitative estimate of drug-likeness (QED) is 0.498. The number of thioether (sulfide) groups is 1. The van der Waals surface area contributed by atoms with Crippen LogP contribution in [0.15, 0.2) is 52.5 Å². The highest BCUT2D eigenvalue weighted by atomic mass is 32.2. The number of rotatable bonds is 7. The Morgan fingerprint density at radius 2 is 1.84 bits per heavy atom. The molecule has 0 saturated carbocycles. The predicted octanol–water partition coefficient (Wildman–Crippen LogP) is 2.34. The lowest BCUT2D eigenvalue weighted by atomic mass is 10.1. The van der Waals surface area contributed by atoms with Gasteiger partial charge in [-0.15, -0.1) is 0 Å². The second-order valence-electron chi connectivity index (χ2n) is 7.43. The number of pyridine rings is 1. The van der Waals surface area contributed by atoms with Crippen LogP contribution in [-0.4, -0.2) is 72.8 Å². The average Bonchev–Trinajstić information content (AvgIpc) is 2.74. The van der Waals surface area contributed by atoms with Crippen molar-refractivity contribution in [3.63, 3.8) is 0 Å². The van der Waals surface area contributed by atoms with Crippen molar-refractivity contribution in [3.8, 4) is 0 Å². The fourth-order valence-corrected chi connectivity index (χ4v) is 5.22. The molecule has 166 valence electrons. The smallest absolute Gasteiger partial charge is 0.244 e. The van der Waals surface area contributed by atoms with Gasteiger partial charge in [0.2, 0.25) is 15.9 Å². The Kier molecular flexibility index (Phi) is 7.47. The van der Waals surface area contributed by atoms with E-state index < -0.39 is 15.3 Å². The molecule has 0 radical (unpaired) electrons. The molecule has 0 bridgehead atoms. The van der Waals surface area contributed by atoms with E-state index in [2.05, 4.69) is 15.2 Å². The third-order valence-electron chi connectivity index (χ3n) is 5.01. The zero-order chi connectivity index (χ0) is 22.6. The molecule has 10 heteroatoms. The van der Waals surface area contributed by atoms with Gasteiger partial charge in [-0.3, -0.25) is 9.59 Å². The second kappa shape index (κ2) is 9.90. The minimum Gasteiger partial charge on any atom is -0.325 e. The number of carbonyl (C=O) groups is 2. The number of Topliss-reactive ketones (excluding diaryl/α,β-unsaturated/α-hetero) is 1. The molecule has 0 spiro atoms. The first-order valence-corrected chi connectivity index (χ1v) is 12.2. The normalized spacial score (nSPS) is 16.6. The van der Waals surface area contributed by atoms with E-state index in [0.717, 1.165) is 0 Å². The molecule has 2 heterocycles. The highest BCUT2D eigenvalue weighted by molar-refractivity contribution is 8.00. The lowest BCUT2D eigenvalue weighted by Crippen LogP contribution is -2.47. The summed E-state index contributed by atoms with van der Waals surface area (Å²) in [6.45, 7) is 5.52. The number of benzene rings is 1. The zero-order valence-electron chi connectivity index (χ0n) is 17.7. The Morgan fingerprint density at radius 3 is 2.45 bits per heavy atom. The third kappa shape index (κ3) is 5.91. The summed E-state index contributed by atoms with van der Waals surface area (Å²) in [5.41, 5.74) is 1.07. The Balaban J connectivity index is 1.62. The molecule has 0 aliphatic carbocycles. The number of hydrogen-bond donors (Lipinski definition) is 1. The predicted molar refractivity (Wildman–Crippen MR) is 121 cm³/mol. The number of likely N-dealkylation sites (N-methyl/N-ethyl adjacent to an activating group) is 1. The van der Waals surface area contributed by atoms with Crippen LogP contribution in [0.3, 0.4) is 0 Å². The molecule has 1 N–H and O–H groups in total. The molecule has 1 aromatic heterocycles. The fourth-order valence-electron chi connectivity index (χ4n) is 3.06. The number of sulfonamides is 1. The lowest BCUT2D eigenvalue weighted by Gasteiger charge is -2.31. The number of anilines is 1. The molecular formula is C21H26N4O4S2. The molecule has 1 aliphatic rings. The Hall–Kier alpha value is -2.27. The van der Waals surface area contributed by atoms with Gasteiger partial charge in [-0.1, -0.05) is 23.9 Å². The molecule has 1 unspecified atom stereocenters. The number of carbonyl (C=O) groups excluding carboxylic acids is 2. The van der Waals surface area contributed by atoms with E-state index in [9.17, 15) is 18.0 Å². The Labute approximate surface area is 187 Å². The van der Waals surface area contributed by atoms with E-state index in [1.54, 1.807) is 37.3 Å². The molecule has 1 aliphatic heterocycles. The van der Waals surface area contributed by atoms with Gasteiger partial charge in [0.05, 0.1) is 10.3 Å². The summed E-state index contributed by atoms with van der Waals surface area (Å²) in [5.74, 6) is -0.309. The van der Waals surface area contributed by atoms with Crippen molar-refractivity contribution in [2.75, 3.05) is 38.5 Å². The molecule has 1 atom stereocenters. The highest BCUT2D eigenvalue weighted by Gasteiger charge is 2.27. The van der Waals surface area contributed by atoms with Crippen molar-refractivity contribution in [1.82, 2.24) is 14.2 Å². The standard InChI is InChI=1S/C21H26N4O4S2/c1-15(26)17-5-4-6-18(13-17)23-21(27)16(2)30-20-8-7-19(14-22-20)31(28,29)25-11-9-24(3)10-12-25/h4-8,13-14,16H,9-12H2,1-3H3,(H,23,27). The molecular weight excluding hydrogens is 436 g/mol. The van der Waals surface area contributed by atoms with E-state index in [-0.39, 0.29) is 16.6 Å². The maximum absolute atomic E-state index is 12.8. The van der Waals surface area contributed by atoms with Gasteiger partial charge >= 0.3 is 0 Å². The van der Waals surface area contributed by atoms with Crippen molar-refractivity contribution < 1.29 is 18.0 Å². The van der Waals surface area contributed by atoms with E-state index in [1.165, 1.54) is 35.3 Å². The van der Waals surface area contributed by atoms with Gasteiger partial charge in [-0.25, -0.2) is 13.4 Å². The summed E-state index contributed by atoms with van der Waals surface area (Å²) < 4.78 is 27.0. The molecule has 2 aromatic rings. The molecule has 1 saturated heterocycles. The third-order valence-corrected chi connectivity index (χ3v) is 7.95. The maximum atomic E-state index is 12.8. The molecule has 1 aromatic carbocycles. The summed E-state index contributed by atoms with van der Waals surface area (Å²) in [6, 6.07) is 9.91. The van der Waals surface area contributed by atoms with Gasteiger partial charge in [0.1, 0.15) is 4.90 Å². The summed E-state index contributed by atoms with van der Waals surface area (Å²) in [7, 11) is -1.60. The topological polar surface area (TPSA) is 99.7 Å². The molecule has 8 nitrogen and oxygen atoms in total. The molecule has 3 rings (SSSR count). The summed E-state index contributed by atoms with van der Waals surface area (Å²) in [6.07, 6.45) is 1.34. The van der Waals surface area contributed by atoms with Gasteiger partial charge in [0, 0.05) is 43.6 Å². The zero-order valence-corrected chi connectivity index (χ0v) is 19.4. The first-order chi connectivity index (χ1) is 14.7. The van der Waals surface area contributed by atoms with Crippen LogP contribution in [0.5, 0.6) is 0 Å². The number of piperazine rings is 1. The summed E-state index contributed by atoms with van der Waals surface area (Å²) in [4.78, 5) is 30.5. The number of hydrogen-bond acceptors (Lipinski definition) is 7. The van der Waals surface area contributed by atoms with Crippen molar-refractivity contribution >= 4 is 39.2 Å². The number of nitrogens with zero attached hydrogens (tertiary/aromatic N) is 3. The van der Waals surface area contributed by atoms with E-state index in [0.29, 0.717) is 42.5 Å². The minimum atomic E-state index is -3.57. The van der Waals surface area contributed by atoms with Crippen molar-refractivity contribution in [2.45, 2.75) is 29.0 Å². The van der Waals surface area contributed by atoms with Crippen molar-refractivity contribution in [1.29, 1.82) is 0 Å². The highest BCUT2D eigenvalue weighted by Crippen LogP contribution is 2.25. The number of aromatic nitrogens is 1. The average molecular weight is 463 g/mol. The molecule has 1 fully saturated rings. The number of nitrogens with one attached hydrogen (secondary N) is 1. The second-order valence-corrected chi connectivity index (χ2v) is 10.7. The lowest BCUT2D eigenvalue weighted by molar-refractivity contribution is -0.115. The number of amides is 1. The summed E-state index contributed by atoms with van der Waals surface area (Å²) >= 11 is 1.23. The van der Waals surface area contributed by atoms with Crippen LogP contribution in [0, 0.1) is 0 Å². The van der Waals surface area contributed by atoms with E-state index in [4.69, 9.17) is 0 Å². The monoisotopic (exact) mass is 462 g/mol. The largest absolute Gasteiger partial charge is 0.325 e. The van der Waals surface area contributed by atoms with Crippen LogP contribution in [0.1, 0.15) is 24.2 Å². The number of ketones is 1. The van der Waals surface area contributed by atoms with Gasteiger partial charge < -0.3 is 10.2 Å². The van der Waals surface area contributed by atoms with Crippen LogP contribution in [0.2, 0.25) is 0 Å². The van der Waals surface area contributed by atoms with E-state index in [1.807, 2.05) is 7.05 Å². The SMILES string of the molecule is CC(=O)c1cccc(NC(=O)C(C)Sc2ccc(S(=O)(=O)N3CCN(C)CC3)cn2)c1.